The Morgan fingerprint density at radius 3 is 2.62 bits per heavy atom. The second kappa shape index (κ2) is 14.3. The number of allylic oxidation sites excluding steroid dienone is 2. The predicted molar refractivity (Wildman–Crippen MR) is 122 cm³/mol. The molecule has 0 fully saturated rings. The summed E-state index contributed by atoms with van der Waals surface area (Å²) in [7, 11) is 0. The molecule has 1 atom stereocenters. The molecule has 0 unspecified atom stereocenters. The molecule has 1 aromatic rings. The van der Waals surface area contributed by atoms with Crippen molar-refractivity contribution in [3.8, 4) is 11.5 Å². The van der Waals surface area contributed by atoms with Gasteiger partial charge in [-0.3, -0.25) is 4.79 Å². The van der Waals surface area contributed by atoms with Gasteiger partial charge >= 0.3 is 11.9 Å². The highest BCUT2D eigenvalue weighted by Crippen LogP contribution is 2.38. The van der Waals surface area contributed by atoms with Crippen molar-refractivity contribution >= 4 is 29.3 Å². The van der Waals surface area contributed by atoms with Gasteiger partial charge < -0.3 is 19.3 Å². The first-order valence-corrected chi connectivity index (χ1v) is 11.0. The number of halogens is 1. The molecule has 0 spiro atoms. The Kier molecular flexibility index (Phi) is 12.2. The van der Waals surface area contributed by atoms with Crippen molar-refractivity contribution in [2.45, 2.75) is 59.0 Å². The van der Waals surface area contributed by atoms with Crippen molar-refractivity contribution < 1.29 is 33.7 Å². The number of esters is 2. The van der Waals surface area contributed by atoms with Gasteiger partial charge in [-0.25, -0.2) is 9.59 Å². The van der Waals surface area contributed by atoms with Gasteiger partial charge in [0, 0.05) is 24.5 Å². The van der Waals surface area contributed by atoms with E-state index in [1.807, 2.05) is 13.8 Å². The summed E-state index contributed by atoms with van der Waals surface area (Å²) >= 11 is 6.43. The lowest BCUT2D eigenvalue weighted by molar-refractivity contribution is -0.146. The minimum Gasteiger partial charge on any atom is -0.507 e. The lowest BCUT2D eigenvalue weighted by Gasteiger charge is -2.18. The molecule has 0 amide bonds. The first-order valence-electron chi connectivity index (χ1n) is 10.6. The van der Waals surface area contributed by atoms with Crippen LogP contribution >= 0.6 is 11.6 Å². The Labute approximate surface area is 194 Å². The summed E-state index contributed by atoms with van der Waals surface area (Å²) in [6.45, 7) is 8.95. The normalized spacial score (nSPS) is 11.8. The number of benzene rings is 1. The number of phenolic OH excluding ortho intramolecular Hbond substituents is 1. The highest BCUT2D eigenvalue weighted by molar-refractivity contribution is 6.33. The zero-order chi connectivity index (χ0) is 24.1. The fourth-order valence-electron chi connectivity index (χ4n) is 2.69. The summed E-state index contributed by atoms with van der Waals surface area (Å²) in [5.41, 5.74) is -0.162. The standard InChI is InChI=1S/C24H31ClO7/c1-5-8-11-17(26)13-18-22(24(29)32-16(4)10-7-3)19(27)14-20(23(18)25)31-15-21(28)30-12-9-6-2/h7-8,11,14,16,27H,3,5-6,9-10,12-13,15H2,1-2,4H3/b11-8+/t16-/m1/s1. The fraction of sp³-hybridized carbons (Fsp3) is 0.458. The van der Waals surface area contributed by atoms with Crippen LogP contribution in [0.25, 0.3) is 0 Å². The maximum Gasteiger partial charge on any atom is 0.344 e. The van der Waals surface area contributed by atoms with Crippen LogP contribution in [0.15, 0.2) is 30.9 Å². The van der Waals surface area contributed by atoms with Crippen LogP contribution in [0.1, 0.15) is 62.4 Å². The molecule has 1 N–H and O–H groups in total. The summed E-state index contributed by atoms with van der Waals surface area (Å²) in [6, 6.07) is 1.12. The number of carbonyl (C=O) groups excluding carboxylic acids is 3. The van der Waals surface area contributed by atoms with Gasteiger partial charge in [-0.15, -0.1) is 6.58 Å². The van der Waals surface area contributed by atoms with Crippen LogP contribution in [0.5, 0.6) is 11.5 Å². The molecular formula is C24H31ClO7. The Balaban J connectivity index is 3.23. The van der Waals surface area contributed by atoms with E-state index < -0.39 is 30.4 Å². The molecule has 32 heavy (non-hydrogen) atoms. The smallest absolute Gasteiger partial charge is 0.344 e. The van der Waals surface area contributed by atoms with E-state index >= 15 is 0 Å². The number of hydrogen-bond donors (Lipinski definition) is 1. The van der Waals surface area contributed by atoms with E-state index in [0.29, 0.717) is 12.8 Å². The second-order valence-corrected chi connectivity index (χ2v) is 7.50. The van der Waals surface area contributed by atoms with Gasteiger partial charge in [-0.1, -0.05) is 44.0 Å². The van der Waals surface area contributed by atoms with E-state index in [9.17, 15) is 19.5 Å². The monoisotopic (exact) mass is 466 g/mol. The number of hydrogen-bond acceptors (Lipinski definition) is 7. The van der Waals surface area contributed by atoms with Gasteiger partial charge in [0.2, 0.25) is 0 Å². The van der Waals surface area contributed by atoms with Crippen molar-refractivity contribution in [1.82, 2.24) is 0 Å². The zero-order valence-electron chi connectivity index (χ0n) is 18.8. The zero-order valence-corrected chi connectivity index (χ0v) is 19.6. The Morgan fingerprint density at radius 1 is 1.28 bits per heavy atom. The van der Waals surface area contributed by atoms with Crippen molar-refractivity contribution in [2.75, 3.05) is 13.2 Å². The van der Waals surface area contributed by atoms with Gasteiger partial charge in [-0.05, 0) is 25.8 Å². The molecule has 0 heterocycles. The van der Waals surface area contributed by atoms with Crippen molar-refractivity contribution in [1.29, 1.82) is 0 Å². The predicted octanol–water partition coefficient (Wildman–Crippen LogP) is 4.97. The summed E-state index contributed by atoms with van der Waals surface area (Å²) < 4.78 is 15.8. The van der Waals surface area contributed by atoms with E-state index in [1.165, 1.54) is 6.08 Å². The van der Waals surface area contributed by atoms with Gasteiger partial charge in [0.05, 0.1) is 11.6 Å². The number of unbranched alkanes of at least 4 members (excludes halogenated alkanes) is 1. The van der Waals surface area contributed by atoms with Crippen LogP contribution in [0.2, 0.25) is 5.02 Å². The fourth-order valence-corrected chi connectivity index (χ4v) is 2.96. The lowest BCUT2D eigenvalue weighted by Crippen LogP contribution is -2.19. The summed E-state index contributed by atoms with van der Waals surface area (Å²) in [6.07, 6.45) is 6.57. The topological polar surface area (TPSA) is 99.1 Å². The molecule has 1 rings (SSSR count). The summed E-state index contributed by atoms with van der Waals surface area (Å²) in [5, 5.41) is 10.5. The lowest BCUT2D eigenvalue weighted by atomic mass is 10.00. The third-order valence-electron chi connectivity index (χ3n) is 4.31. The number of rotatable bonds is 14. The molecule has 0 aliphatic carbocycles. The number of aromatic hydroxyl groups is 1. The highest BCUT2D eigenvalue weighted by Gasteiger charge is 2.26. The maximum atomic E-state index is 12.7. The molecule has 0 radical (unpaired) electrons. The van der Waals surface area contributed by atoms with Crippen LogP contribution in [0, 0.1) is 0 Å². The molecule has 176 valence electrons. The first-order chi connectivity index (χ1) is 15.2. The summed E-state index contributed by atoms with van der Waals surface area (Å²) in [5.74, 6) is -2.26. The van der Waals surface area contributed by atoms with Gasteiger partial charge in [0.1, 0.15) is 23.2 Å². The number of phenols is 1. The third kappa shape index (κ3) is 8.75. The average Bonchev–Trinajstić information content (AvgIpc) is 2.73. The molecule has 0 bridgehead atoms. The van der Waals surface area contributed by atoms with E-state index in [1.54, 1.807) is 19.1 Å². The largest absolute Gasteiger partial charge is 0.507 e. The Morgan fingerprint density at radius 2 is 2.00 bits per heavy atom. The SMILES string of the molecule is C=CC[C@@H](C)OC(=O)c1c(O)cc(OCC(=O)OCCCC)c(Cl)c1CC(=O)/C=C/CC. The van der Waals surface area contributed by atoms with Crippen LogP contribution in [0.3, 0.4) is 0 Å². The van der Waals surface area contributed by atoms with E-state index in [4.69, 9.17) is 25.8 Å². The molecule has 0 aliphatic heterocycles. The molecule has 0 saturated carbocycles. The van der Waals surface area contributed by atoms with Crippen molar-refractivity contribution in [3.63, 3.8) is 0 Å². The van der Waals surface area contributed by atoms with Crippen LogP contribution in [0.4, 0.5) is 0 Å². The van der Waals surface area contributed by atoms with Crippen LogP contribution in [-0.4, -0.2) is 42.1 Å². The summed E-state index contributed by atoms with van der Waals surface area (Å²) in [4.78, 5) is 36.9. The number of ketones is 1. The average molecular weight is 467 g/mol. The number of ether oxygens (including phenoxy) is 3. The van der Waals surface area contributed by atoms with E-state index in [-0.39, 0.29) is 40.7 Å². The third-order valence-corrected chi connectivity index (χ3v) is 4.73. The maximum absolute atomic E-state index is 12.7. The molecule has 0 saturated heterocycles. The van der Waals surface area contributed by atoms with Crippen molar-refractivity contribution in [2.24, 2.45) is 0 Å². The highest BCUT2D eigenvalue weighted by atomic mass is 35.5. The minimum absolute atomic E-state index is 0.0467. The van der Waals surface area contributed by atoms with Gasteiger partial charge in [0.15, 0.2) is 12.4 Å². The van der Waals surface area contributed by atoms with Crippen LogP contribution < -0.4 is 4.74 Å². The molecular weight excluding hydrogens is 436 g/mol. The quantitative estimate of drug-likeness (QED) is 0.179. The van der Waals surface area contributed by atoms with E-state index in [0.717, 1.165) is 18.9 Å². The molecule has 0 aromatic heterocycles. The molecule has 1 aromatic carbocycles. The van der Waals surface area contributed by atoms with Gasteiger partial charge in [0.25, 0.3) is 0 Å². The molecule has 8 heteroatoms. The first kappa shape index (κ1) is 27.2. The van der Waals surface area contributed by atoms with E-state index in [2.05, 4.69) is 6.58 Å². The molecule has 0 aliphatic rings. The minimum atomic E-state index is -0.827. The Hall–Kier alpha value is -2.80. The second-order valence-electron chi connectivity index (χ2n) is 7.12. The van der Waals surface area contributed by atoms with Crippen molar-refractivity contribution in [3.05, 3.63) is 47.0 Å². The Bertz CT molecular complexity index is 845. The number of carbonyl (C=O) groups is 3. The van der Waals surface area contributed by atoms with Crippen LogP contribution in [-0.2, 0) is 25.5 Å². The van der Waals surface area contributed by atoms with Gasteiger partial charge in [-0.2, -0.15) is 0 Å². The molecule has 7 nitrogen and oxygen atoms in total.